The first kappa shape index (κ1) is 8.59. The molecule has 12 heavy (non-hydrogen) atoms. The standard InChI is InChI=1S/C9H10NO2/c10-9-3-1-8(2-4-9)5-6-12-7-11/h1-4H,5-6,10H2. The van der Waals surface area contributed by atoms with Gasteiger partial charge in [-0.15, -0.1) is 0 Å². The zero-order chi connectivity index (χ0) is 8.81. The predicted octanol–water partition coefficient (Wildman–Crippen LogP) is 0.895. The predicted molar refractivity (Wildman–Crippen MR) is 46.2 cm³/mol. The topological polar surface area (TPSA) is 52.3 Å². The summed E-state index contributed by atoms with van der Waals surface area (Å²) in [6.07, 6.45) is 0.704. The minimum Gasteiger partial charge on any atom is -0.457 e. The summed E-state index contributed by atoms with van der Waals surface area (Å²) in [6.45, 7) is 1.74. The molecule has 0 saturated heterocycles. The van der Waals surface area contributed by atoms with Crippen LogP contribution in [0.1, 0.15) is 5.56 Å². The van der Waals surface area contributed by atoms with E-state index in [0.717, 1.165) is 11.3 Å². The van der Waals surface area contributed by atoms with Crippen molar-refractivity contribution in [3.05, 3.63) is 29.8 Å². The van der Waals surface area contributed by atoms with E-state index in [2.05, 4.69) is 4.74 Å². The van der Waals surface area contributed by atoms with Crippen molar-refractivity contribution in [1.29, 1.82) is 0 Å². The number of hydrogen-bond donors (Lipinski definition) is 1. The third kappa shape index (κ3) is 2.62. The molecule has 1 radical (unpaired) electrons. The molecule has 3 heteroatoms. The smallest absolute Gasteiger partial charge is 0.417 e. The highest BCUT2D eigenvalue weighted by Crippen LogP contribution is 2.05. The molecular weight excluding hydrogens is 154 g/mol. The highest BCUT2D eigenvalue weighted by Gasteiger charge is 1.92. The van der Waals surface area contributed by atoms with E-state index in [4.69, 9.17) is 5.73 Å². The van der Waals surface area contributed by atoms with Gasteiger partial charge >= 0.3 is 6.47 Å². The van der Waals surface area contributed by atoms with Crippen LogP contribution in [0.5, 0.6) is 0 Å². The molecule has 0 unspecified atom stereocenters. The Hall–Kier alpha value is -1.51. The number of nitrogen functional groups attached to an aromatic ring is 1. The van der Waals surface area contributed by atoms with Crippen LogP contribution in [0.4, 0.5) is 5.69 Å². The number of nitrogens with two attached hydrogens (primary N) is 1. The molecule has 0 aliphatic heterocycles. The quantitative estimate of drug-likeness (QED) is 0.531. The molecule has 3 nitrogen and oxygen atoms in total. The number of carbonyl (C=O) groups excluding carboxylic acids is 1. The third-order valence-electron chi connectivity index (χ3n) is 1.53. The van der Waals surface area contributed by atoms with Crippen LogP contribution in [0.2, 0.25) is 0 Å². The zero-order valence-electron chi connectivity index (χ0n) is 6.62. The molecule has 1 aromatic carbocycles. The molecule has 0 spiro atoms. The van der Waals surface area contributed by atoms with Crippen molar-refractivity contribution < 1.29 is 9.53 Å². The van der Waals surface area contributed by atoms with E-state index >= 15 is 0 Å². The summed E-state index contributed by atoms with van der Waals surface area (Å²) in [5.74, 6) is 0. The molecule has 0 aromatic heterocycles. The SMILES string of the molecule is Nc1ccc(CCO[C]=O)cc1. The molecule has 2 N–H and O–H groups in total. The fraction of sp³-hybridized carbons (Fsp3) is 0.222. The maximum atomic E-state index is 9.68. The summed E-state index contributed by atoms with van der Waals surface area (Å²) in [7, 11) is 0. The van der Waals surface area contributed by atoms with Crippen LogP contribution in [0.15, 0.2) is 24.3 Å². The Morgan fingerprint density at radius 3 is 2.58 bits per heavy atom. The molecule has 0 atom stereocenters. The van der Waals surface area contributed by atoms with Gasteiger partial charge in [-0.25, -0.2) is 4.79 Å². The van der Waals surface area contributed by atoms with Crippen molar-refractivity contribution in [3.8, 4) is 0 Å². The Morgan fingerprint density at radius 1 is 1.33 bits per heavy atom. The lowest BCUT2D eigenvalue weighted by Crippen LogP contribution is -1.96. The van der Waals surface area contributed by atoms with E-state index in [9.17, 15) is 4.79 Å². The van der Waals surface area contributed by atoms with Crippen molar-refractivity contribution >= 4 is 12.2 Å². The first-order valence-electron chi connectivity index (χ1n) is 3.66. The largest absolute Gasteiger partial charge is 0.457 e. The number of benzene rings is 1. The minimum atomic E-state index is 0.368. The minimum absolute atomic E-state index is 0.368. The molecule has 0 saturated carbocycles. The number of hydrogen-bond acceptors (Lipinski definition) is 3. The van der Waals surface area contributed by atoms with Crippen LogP contribution < -0.4 is 5.73 Å². The monoisotopic (exact) mass is 164 g/mol. The molecular formula is C9H10NO2. The van der Waals surface area contributed by atoms with Crippen molar-refractivity contribution in [2.24, 2.45) is 0 Å². The molecule has 0 heterocycles. The van der Waals surface area contributed by atoms with Crippen LogP contribution in [0.3, 0.4) is 0 Å². The van der Waals surface area contributed by atoms with Gasteiger partial charge in [-0.2, -0.15) is 0 Å². The third-order valence-corrected chi connectivity index (χ3v) is 1.53. The van der Waals surface area contributed by atoms with Crippen molar-refractivity contribution in [1.82, 2.24) is 0 Å². The van der Waals surface area contributed by atoms with Crippen LogP contribution in [0.25, 0.3) is 0 Å². The van der Waals surface area contributed by atoms with Gasteiger partial charge < -0.3 is 10.5 Å². The van der Waals surface area contributed by atoms with Crippen molar-refractivity contribution in [2.75, 3.05) is 12.3 Å². The summed E-state index contributed by atoms with van der Waals surface area (Å²) in [6, 6.07) is 7.45. The molecule has 0 aliphatic rings. The highest BCUT2D eigenvalue weighted by atomic mass is 16.5. The Kier molecular flexibility index (Phi) is 3.14. The second-order valence-corrected chi connectivity index (χ2v) is 2.42. The van der Waals surface area contributed by atoms with Gasteiger partial charge in [0.1, 0.15) is 0 Å². The van der Waals surface area contributed by atoms with Crippen LogP contribution in [-0.4, -0.2) is 13.1 Å². The summed E-state index contributed by atoms with van der Waals surface area (Å²) in [5, 5.41) is 0. The molecule has 0 amide bonds. The lowest BCUT2D eigenvalue weighted by Gasteiger charge is -1.99. The van der Waals surface area contributed by atoms with E-state index in [1.165, 1.54) is 6.47 Å². The maximum absolute atomic E-state index is 9.68. The van der Waals surface area contributed by atoms with E-state index in [-0.39, 0.29) is 0 Å². The summed E-state index contributed by atoms with van der Waals surface area (Å²) < 4.78 is 4.43. The maximum Gasteiger partial charge on any atom is 0.417 e. The number of anilines is 1. The van der Waals surface area contributed by atoms with E-state index < -0.39 is 0 Å². The van der Waals surface area contributed by atoms with Crippen molar-refractivity contribution in [3.63, 3.8) is 0 Å². The van der Waals surface area contributed by atoms with Crippen LogP contribution >= 0.6 is 0 Å². The lowest BCUT2D eigenvalue weighted by atomic mass is 10.1. The van der Waals surface area contributed by atoms with Gasteiger partial charge in [0, 0.05) is 12.1 Å². The van der Waals surface area contributed by atoms with Gasteiger partial charge in [0.2, 0.25) is 0 Å². The van der Waals surface area contributed by atoms with Gasteiger partial charge in [-0.05, 0) is 17.7 Å². The van der Waals surface area contributed by atoms with E-state index in [0.29, 0.717) is 13.0 Å². The average Bonchev–Trinajstić information content (AvgIpc) is 2.09. The van der Waals surface area contributed by atoms with Gasteiger partial charge in [0.25, 0.3) is 0 Å². The van der Waals surface area contributed by atoms with E-state index in [1.807, 2.05) is 24.3 Å². The Labute approximate surface area is 71.1 Å². The fourth-order valence-electron chi connectivity index (χ4n) is 0.895. The molecule has 63 valence electrons. The first-order chi connectivity index (χ1) is 5.83. The molecule has 0 aliphatic carbocycles. The Balaban J connectivity index is 2.42. The summed E-state index contributed by atoms with van der Waals surface area (Å²) in [5.41, 5.74) is 7.32. The zero-order valence-corrected chi connectivity index (χ0v) is 6.62. The average molecular weight is 164 g/mol. The van der Waals surface area contributed by atoms with E-state index in [1.54, 1.807) is 0 Å². The fourth-order valence-corrected chi connectivity index (χ4v) is 0.895. The normalized spacial score (nSPS) is 9.33. The van der Waals surface area contributed by atoms with Gasteiger partial charge in [0.05, 0.1) is 6.61 Å². The van der Waals surface area contributed by atoms with Crippen molar-refractivity contribution in [2.45, 2.75) is 6.42 Å². The Morgan fingerprint density at radius 2 is 2.00 bits per heavy atom. The van der Waals surface area contributed by atoms with Gasteiger partial charge in [-0.1, -0.05) is 12.1 Å². The first-order valence-corrected chi connectivity index (χ1v) is 3.66. The molecule has 1 aromatic rings. The molecule has 1 rings (SSSR count). The highest BCUT2D eigenvalue weighted by molar-refractivity contribution is 5.40. The second kappa shape index (κ2) is 4.38. The molecule has 0 bridgehead atoms. The molecule has 0 fully saturated rings. The van der Waals surface area contributed by atoms with Crippen LogP contribution in [-0.2, 0) is 16.0 Å². The summed E-state index contributed by atoms with van der Waals surface area (Å²) >= 11 is 0. The van der Waals surface area contributed by atoms with Gasteiger partial charge in [-0.3, -0.25) is 0 Å². The lowest BCUT2D eigenvalue weighted by molar-refractivity contribution is 0.282. The summed E-state index contributed by atoms with van der Waals surface area (Å²) in [4.78, 5) is 9.68. The van der Waals surface area contributed by atoms with Gasteiger partial charge in [0.15, 0.2) is 0 Å². The number of rotatable bonds is 4. The number of ether oxygens (including phenoxy) is 1. The van der Waals surface area contributed by atoms with Crippen LogP contribution in [0, 0.1) is 0 Å². The second-order valence-electron chi connectivity index (χ2n) is 2.42. The Bertz CT molecular complexity index is 243.